The number of hydrogen-bond acceptors (Lipinski definition) is 3. The third-order valence-corrected chi connectivity index (χ3v) is 7.50. The fourth-order valence-corrected chi connectivity index (χ4v) is 6.15. The van der Waals surface area contributed by atoms with Gasteiger partial charge in [-0.3, -0.25) is 0 Å². The normalized spacial score (nSPS) is 14.7. The van der Waals surface area contributed by atoms with Gasteiger partial charge in [0, 0.05) is 11.3 Å². The van der Waals surface area contributed by atoms with Crippen LogP contribution in [-0.2, 0) is 9.36 Å². The molecule has 0 saturated heterocycles. The first-order valence-electron chi connectivity index (χ1n) is 7.63. The van der Waals surface area contributed by atoms with E-state index in [1.807, 2.05) is 56.3 Å². The first kappa shape index (κ1) is 18.0. The lowest BCUT2D eigenvalue weighted by Crippen LogP contribution is -2.33. The predicted octanol–water partition coefficient (Wildman–Crippen LogP) is 5.61. The van der Waals surface area contributed by atoms with E-state index in [0.717, 1.165) is 15.7 Å². The molecule has 0 amide bonds. The molecule has 0 aliphatic rings. The first-order valence-corrected chi connectivity index (χ1v) is 10.1. The summed E-state index contributed by atoms with van der Waals surface area (Å²) in [5, 5.41) is 10.6. The van der Waals surface area contributed by atoms with Crippen LogP contribution in [0.2, 0.25) is 0 Å². The van der Waals surface area contributed by atoms with Gasteiger partial charge in [-0.15, -0.1) is 0 Å². The Balaban J connectivity index is 2.18. The highest BCUT2D eigenvalue weighted by Gasteiger charge is 2.51. The van der Waals surface area contributed by atoms with Crippen LogP contribution in [-0.4, -0.2) is 21.7 Å². The molecule has 2 rings (SSSR count). The summed E-state index contributed by atoms with van der Waals surface area (Å²) in [4.78, 5) is 12.7. The van der Waals surface area contributed by atoms with Gasteiger partial charge in [-0.05, 0) is 29.7 Å². The van der Waals surface area contributed by atoms with E-state index >= 15 is 0 Å². The van der Waals surface area contributed by atoms with E-state index in [4.69, 9.17) is 0 Å². The number of carboxylic acids is 1. The maximum atomic E-state index is 12.7. The average Bonchev–Trinajstić information content (AvgIpc) is 2.51. The summed E-state index contributed by atoms with van der Waals surface area (Å²) in [5.74, 6) is -0.775. The maximum Gasteiger partial charge on any atom is 0.367 e. The van der Waals surface area contributed by atoms with Crippen molar-refractivity contribution < 1.29 is 14.5 Å². The molecule has 2 atom stereocenters. The van der Waals surface area contributed by atoms with Crippen molar-refractivity contribution in [2.24, 2.45) is 5.92 Å². The Morgan fingerprint density at radius 3 is 2.52 bits per heavy atom. The SMILES string of the molecule is CC(C)CC(C)(C(=O)O)[P+](=O)CSc1cccc2ccccc12. The molecule has 0 saturated carbocycles. The van der Waals surface area contributed by atoms with Gasteiger partial charge in [0.15, 0.2) is 5.49 Å². The predicted molar refractivity (Wildman–Crippen MR) is 97.8 cm³/mol. The number of hydrogen-bond donors (Lipinski definition) is 1. The summed E-state index contributed by atoms with van der Waals surface area (Å²) in [6, 6.07) is 14.1. The molecular weight excluding hydrogens is 327 g/mol. The van der Waals surface area contributed by atoms with Crippen molar-refractivity contribution in [1.82, 2.24) is 0 Å². The molecule has 2 aromatic rings. The van der Waals surface area contributed by atoms with E-state index in [2.05, 4.69) is 0 Å². The first-order chi connectivity index (χ1) is 10.8. The van der Waals surface area contributed by atoms with Gasteiger partial charge in [-0.25, -0.2) is 4.79 Å². The summed E-state index contributed by atoms with van der Waals surface area (Å²) in [6.45, 7) is 5.53. The van der Waals surface area contributed by atoms with Crippen LogP contribution in [0.15, 0.2) is 47.4 Å². The van der Waals surface area contributed by atoms with Crippen molar-refractivity contribution in [3.8, 4) is 0 Å². The zero-order valence-electron chi connectivity index (χ0n) is 13.7. The van der Waals surface area contributed by atoms with Crippen molar-refractivity contribution in [1.29, 1.82) is 0 Å². The molecule has 2 unspecified atom stereocenters. The molecule has 2 aromatic carbocycles. The minimum Gasteiger partial charge on any atom is -0.478 e. The van der Waals surface area contributed by atoms with Crippen LogP contribution >= 0.6 is 19.6 Å². The lowest BCUT2D eigenvalue weighted by Gasteiger charge is -2.16. The smallest absolute Gasteiger partial charge is 0.367 e. The fourth-order valence-electron chi connectivity index (χ4n) is 2.68. The van der Waals surface area contributed by atoms with Crippen LogP contribution in [0.25, 0.3) is 10.8 Å². The minimum atomic E-state index is -1.86. The Morgan fingerprint density at radius 2 is 1.87 bits per heavy atom. The molecule has 0 heterocycles. The summed E-state index contributed by atoms with van der Waals surface area (Å²) in [5.41, 5.74) is 0.318. The molecule has 0 radical (unpaired) electrons. The molecular formula is C18H22O3PS+. The number of carboxylic acid groups (broad SMARTS) is 1. The van der Waals surface area contributed by atoms with Crippen molar-refractivity contribution in [3.63, 3.8) is 0 Å². The van der Waals surface area contributed by atoms with Crippen molar-refractivity contribution in [2.75, 3.05) is 5.49 Å². The zero-order chi connectivity index (χ0) is 17.0. The molecule has 3 nitrogen and oxygen atoms in total. The van der Waals surface area contributed by atoms with Gasteiger partial charge in [0.25, 0.3) is 5.16 Å². The molecule has 0 aliphatic heterocycles. The van der Waals surface area contributed by atoms with Crippen LogP contribution in [0.3, 0.4) is 0 Å². The molecule has 1 N–H and O–H groups in total. The van der Waals surface area contributed by atoms with Crippen LogP contribution in [0, 0.1) is 5.92 Å². The molecule has 0 aliphatic carbocycles. The van der Waals surface area contributed by atoms with Gasteiger partial charge in [0.1, 0.15) is 0 Å². The number of fused-ring (bicyclic) bond motifs is 1. The average molecular weight is 349 g/mol. The number of rotatable bonds is 7. The second-order valence-corrected chi connectivity index (χ2v) is 9.81. The van der Waals surface area contributed by atoms with E-state index in [1.165, 1.54) is 11.8 Å². The Kier molecular flexibility index (Phi) is 5.83. The van der Waals surface area contributed by atoms with Gasteiger partial charge in [0.05, 0.1) is 0 Å². The van der Waals surface area contributed by atoms with Crippen molar-refractivity contribution in [2.45, 2.75) is 37.2 Å². The monoisotopic (exact) mass is 349 g/mol. The molecule has 0 spiro atoms. The molecule has 0 fully saturated rings. The molecule has 0 bridgehead atoms. The Bertz CT molecular complexity index is 724. The highest BCUT2D eigenvalue weighted by molar-refractivity contribution is 8.04. The zero-order valence-corrected chi connectivity index (χ0v) is 15.4. The second kappa shape index (κ2) is 7.46. The standard InChI is InChI=1S/C18H21O3PS/c1-13(2)11-18(3,17(19)20)22(21)12-23-16-10-6-8-14-7-4-5-9-15(14)16/h4-10,13H,11-12H2,1-3H3/p+1. The highest BCUT2D eigenvalue weighted by atomic mass is 32.2. The minimum absolute atomic E-state index is 0.192. The Hall–Kier alpha value is -1.38. The highest BCUT2D eigenvalue weighted by Crippen LogP contribution is 2.47. The summed E-state index contributed by atoms with van der Waals surface area (Å²) < 4.78 is 12.7. The van der Waals surface area contributed by atoms with Crippen molar-refractivity contribution >= 4 is 36.3 Å². The van der Waals surface area contributed by atoms with Crippen LogP contribution in [0.5, 0.6) is 0 Å². The van der Waals surface area contributed by atoms with Gasteiger partial charge in [-0.1, -0.05) is 66.6 Å². The second-order valence-electron chi connectivity index (χ2n) is 6.31. The third kappa shape index (κ3) is 4.13. The third-order valence-electron chi connectivity index (χ3n) is 3.90. The maximum absolute atomic E-state index is 12.7. The van der Waals surface area contributed by atoms with E-state index in [0.29, 0.717) is 11.9 Å². The molecule has 0 aromatic heterocycles. The van der Waals surface area contributed by atoms with Crippen LogP contribution < -0.4 is 0 Å². The summed E-state index contributed by atoms with van der Waals surface area (Å²) >= 11 is 1.48. The lowest BCUT2D eigenvalue weighted by atomic mass is 9.98. The van der Waals surface area contributed by atoms with Gasteiger partial charge >= 0.3 is 13.8 Å². The van der Waals surface area contributed by atoms with Crippen LogP contribution in [0.4, 0.5) is 0 Å². The largest absolute Gasteiger partial charge is 0.478 e. The van der Waals surface area contributed by atoms with E-state index in [1.54, 1.807) is 6.92 Å². The Labute approximate surface area is 142 Å². The number of thioether (sulfide) groups is 1. The fraction of sp³-hybridized carbons (Fsp3) is 0.389. The van der Waals surface area contributed by atoms with Gasteiger partial charge in [-0.2, -0.15) is 0 Å². The van der Waals surface area contributed by atoms with Crippen molar-refractivity contribution in [3.05, 3.63) is 42.5 Å². The number of aliphatic carboxylic acids is 1. The topological polar surface area (TPSA) is 54.4 Å². The summed E-state index contributed by atoms with van der Waals surface area (Å²) in [7, 11) is -1.86. The summed E-state index contributed by atoms with van der Waals surface area (Å²) in [6.07, 6.45) is 0.424. The lowest BCUT2D eigenvalue weighted by molar-refractivity contribution is -0.140. The van der Waals surface area contributed by atoms with Gasteiger partial charge in [0.2, 0.25) is 0 Å². The van der Waals surface area contributed by atoms with E-state index < -0.39 is 18.9 Å². The quantitative estimate of drug-likeness (QED) is 0.522. The van der Waals surface area contributed by atoms with E-state index in [9.17, 15) is 14.5 Å². The molecule has 23 heavy (non-hydrogen) atoms. The van der Waals surface area contributed by atoms with Crippen LogP contribution in [0.1, 0.15) is 27.2 Å². The van der Waals surface area contributed by atoms with Gasteiger partial charge < -0.3 is 5.11 Å². The Morgan fingerprint density at radius 1 is 1.22 bits per heavy atom. The number of benzene rings is 2. The molecule has 5 heteroatoms. The van der Waals surface area contributed by atoms with E-state index in [-0.39, 0.29) is 5.92 Å². The number of carbonyl (C=O) groups is 1. The molecule has 122 valence electrons.